The van der Waals surface area contributed by atoms with Crippen molar-refractivity contribution in [3.63, 3.8) is 0 Å². The molecule has 0 aromatic heterocycles. The number of ether oxygens (including phenoxy) is 1. The Morgan fingerprint density at radius 1 is 1.38 bits per heavy atom. The third-order valence-electron chi connectivity index (χ3n) is 2.75. The van der Waals surface area contributed by atoms with Crippen LogP contribution in [0, 0.1) is 0 Å². The zero-order valence-electron chi connectivity index (χ0n) is 11.5. The van der Waals surface area contributed by atoms with E-state index >= 15 is 0 Å². The second-order valence-corrected chi connectivity index (χ2v) is 5.30. The number of benzene rings is 1. The first-order chi connectivity index (χ1) is 9.92. The van der Waals surface area contributed by atoms with E-state index in [1.807, 2.05) is 6.07 Å². The third-order valence-corrected chi connectivity index (χ3v) is 3.25. The normalized spacial score (nSPS) is 11.5. The molecule has 0 heterocycles. The second kappa shape index (κ2) is 8.41. The summed E-state index contributed by atoms with van der Waals surface area (Å²) >= 11 is 3.30. The van der Waals surface area contributed by atoms with Crippen LogP contribution in [0.1, 0.15) is 18.4 Å². The summed E-state index contributed by atoms with van der Waals surface area (Å²) in [4.78, 5) is 33.9. The lowest BCUT2D eigenvalue weighted by Gasteiger charge is -2.14. The summed E-state index contributed by atoms with van der Waals surface area (Å²) in [5, 5.41) is 11.4. The quantitative estimate of drug-likeness (QED) is 0.721. The molecule has 7 heteroatoms. The van der Waals surface area contributed by atoms with Gasteiger partial charge in [-0.1, -0.05) is 28.1 Å². The van der Waals surface area contributed by atoms with Gasteiger partial charge in [-0.05, 0) is 24.1 Å². The first-order valence-corrected chi connectivity index (χ1v) is 7.05. The fraction of sp³-hybridized carbons (Fsp3) is 0.357. The first-order valence-electron chi connectivity index (χ1n) is 6.25. The van der Waals surface area contributed by atoms with Crippen LogP contribution in [0.4, 0.5) is 0 Å². The van der Waals surface area contributed by atoms with E-state index in [9.17, 15) is 14.4 Å². The zero-order chi connectivity index (χ0) is 15.8. The van der Waals surface area contributed by atoms with Crippen molar-refractivity contribution in [3.8, 4) is 0 Å². The molecule has 114 valence electrons. The van der Waals surface area contributed by atoms with Crippen molar-refractivity contribution < 1.29 is 24.2 Å². The first kappa shape index (κ1) is 17.2. The second-order valence-electron chi connectivity index (χ2n) is 4.38. The summed E-state index contributed by atoms with van der Waals surface area (Å²) in [6, 6.07) is 6.07. The molecule has 1 aromatic rings. The largest absolute Gasteiger partial charge is 0.480 e. The Hall–Kier alpha value is -1.89. The molecule has 0 saturated carbocycles. The number of methoxy groups -OCH3 is 1. The maximum Gasteiger partial charge on any atom is 0.326 e. The average Bonchev–Trinajstić information content (AvgIpc) is 2.42. The molecule has 1 aromatic carbocycles. The number of carboxylic acid groups (broad SMARTS) is 1. The van der Waals surface area contributed by atoms with Crippen molar-refractivity contribution in [1.29, 1.82) is 0 Å². The molecular weight excluding hydrogens is 342 g/mol. The van der Waals surface area contributed by atoms with Crippen LogP contribution in [0.5, 0.6) is 0 Å². The maximum absolute atomic E-state index is 11.8. The van der Waals surface area contributed by atoms with Gasteiger partial charge in [0.1, 0.15) is 6.04 Å². The zero-order valence-corrected chi connectivity index (χ0v) is 13.1. The molecule has 0 saturated heterocycles. The summed E-state index contributed by atoms with van der Waals surface area (Å²) in [7, 11) is 1.23. The Labute approximate surface area is 130 Å². The van der Waals surface area contributed by atoms with Crippen LogP contribution in [0.25, 0.3) is 0 Å². The standard InChI is InChI=1S/C14H16BrNO5/c1-21-13(18)6-5-11(14(19)20)16-12(17)8-9-3-2-4-10(15)7-9/h2-4,7,11H,5-6,8H2,1H3,(H,16,17)(H,19,20)/t11-/m0/s1. The Kier molecular flexibility index (Phi) is 6.87. The molecule has 0 aliphatic carbocycles. The summed E-state index contributed by atoms with van der Waals surface area (Å²) in [5.41, 5.74) is 0.763. The van der Waals surface area contributed by atoms with E-state index in [4.69, 9.17) is 5.11 Å². The molecule has 1 amide bonds. The number of halogens is 1. The van der Waals surface area contributed by atoms with Crippen molar-refractivity contribution >= 4 is 33.8 Å². The molecule has 1 rings (SSSR count). The number of hydrogen-bond donors (Lipinski definition) is 2. The van der Waals surface area contributed by atoms with Crippen molar-refractivity contribution in [2.45, 2.75) is 25.3 Å². The minimum atomic E-state index is -1.18. The molecule has 0 fully saturated rings. The van der Waals surface area contributed by atoms with Crippen LogP contribution >= 0.6 is 15.9 Å². The molecule has 0 radical (unpaired) electrons. The van der Waals surface area contributed by atoms with Gasteiger partial charge in [-0.25, -0.2) is 4.79 Å². The number of aliphatic carboxylic acids is 1. The third kappa shape index (κ3) is 6.40. The van der Waals surface area contributed by atoms with Crippen LogP contribution in [-0.2, 0) is 25.5 Å². The van der Waals surface area contributed by atoms with Gasteiger partial charge in [0.05, 0.1) is 13.5 Å². The summed E-state index contributed by atoms with van der Waals surface area (Å²) < 4.78 is 5.29. The topological polar surface area (TPSA) is 92.7 Å². The Balaban J connectivity index is 2.56. The highest BCUT2D eigenvalue weighted by Gasteiger charge is 2.21. The number of carbonyl (C=O) groups excluding carboxylic acids is 2. The van der Waals surface area contributed by atoms with Gasteiger partial charge < -0.3 is 15.2 Å². The van der Waals surface area contributed by atoms with E-state index in [-0.39, 0.29) is 19.3 Å². The monoisotopic (exact) mass is 357 g/mol. The molecule has 0 aliphatic rings. The summed E-state index contributed by atoms with van der Waals surface area (Å²) in [6.45, 7) is 0. The number of nitrogens with one attached hydrogen (secondary N) is 1. The fourth-order valence-corrected chi connectivity index (χ4v) is 2.15. The SMILES string of the molecule is COC(=O)CC[C@H](NC(=O)Cc1cccc(Br)c1)C(=O)O. The van der Waals surface area contributed by atoms with Crippen molar-refractivity contribution in [3.05, 3.63) is 34.3 Å². The van der Waals surface area contributed by atoms with E-state index in [0.717, 1.165) is 10.0 Å². The summed E-state index contributed by atoms with van der Waals surface area (Å²) in [5.74, 6) is -2.10. The van der Waals surface area contributed by atoms with Gasteiger partial charge in [0.25, 0.3) is 0 Å². The fourth-order valence-electron chi connectivity index (χ4n) is 1.70. The smallest absolute Gasteiger partial charge is 0.326 e. The maximum atomic E-state index is 11.8. The van der Waals surface area contributed by atoms with Gasteiger partial charge in [-0.15, -0.1) is 0 Å². The lowest BCUT2D eigenvalue weighted by Crippen LogP contribution is -2.41. The minimum absolute atomic E-state index is 0.00771. The molecule has 2 N–H and O–H groups in total. The van der Waals surface area contributed by atoms with Crippen LogP contribution in [0.2, 0.25) is 0 Å². The number of hydrogen-bond acceptors (Lipinski definition) is 4. The van der Waals surface area contributed by atoms with E-state index < -0.39 is 23.9 Å². The van der Waals surface area contributed by atoms with E-state index in [2.05, 4.69) is 26.0 Å². The van der Waals surface area contributed by atoms with Gasteiger partial charge in [0.2, 0.25) is 5.91 Å². The van der Waals surface area contributed by atoms with Crippen LogP contribution in [0.15, 0.2) is 28.7 Å². The molecule has 1 atom stereocenters. The molecule has 0 unspecified atom stereocenters. The van der Waals surface area contributed by atoms with Crippen LogP contribution < -0.4 is 5.32 Å². The van der Waals surface area contributed by atoms with Crippen molar-refractivity contribution in [2.24, 2.45) is 0 Å². The number of esters is 1. The predicted octanol–water partition coefficient (Wildman–Crippen LogP) is 1.51. The van der Waals surface area contributed by atoms with E-state index in [1.165, 1.54) is 7.11 Å². The van der Waals surface area contributed by atoms with Crippen LogP contribution in [0.3, 0.4) is 0 Å². The Bertz CT molecular complexity index is 532. The number of carbonyl (C=O) groups is 3. The molecular formula is C14H16BrNO5. The number of carboxylic acids is 1. The average molecular weight is 358 g/mol. The van der Waals surface area contributed by atoms with Gasteiger partial charge in [-0.3, -0.25) is 9.59 Å². The van der Waals surface area contributed by atoms with E-state index in [0.29, 0.717) is 0 Å². The molecule has 0 aliphatic heterocycles. The minimum Gasteiger partial charge on any atom is -0.480 e. The van der Waals surface area contributed by atoms with Crippen molar-refractivity contribution in [2.75, 3.05) is 7.11 Å². The molecule has 0 spiro atoms. The Morgan fingerprint density at radius 3 is 2.67 bits per heavy atom. The molecule has 21 heavy (non-hydrogen) atoms. The predicted molar refractivity (Wildman–Crippen MR) is 78.7 cm³/mol. The van der Waals surface area contributed by atoms with Gasteiger partial charge >= 0.3 is 11.9 Å². The Morgan fingerprint density at radius 2 is 2.10 bits per heavy atom. The van der Waals surface area contributed by atoms with Gasteiger partial charge in [-0.2, -0.15) is 0 Å². The van der Waals surface area contributed by atoms with Crippen LogP contribution in [-0.4, -0.2) is 36.1 Å². The van der Waals surface area contributed by atoms with Gasteiger partial charge in [0, 0.05) is 10.9 Å². The van der Waals surface area contributed by atoms with Crippen molar-refractivity contribution in [1.82, 2.24) is 5.32 Å². The van der Waals surface area contributed by atoms with E-state index in [1.54, 1.807) is 18.2 Å². The highest BCUT2D eigenvalue weighted by molar-refractivity contribution is 9.10. The number of amides is 1. The van der Waals surface area contributed by atoms with Gasteiger partial charge in [0.15, 0.2) is 0 Å². The lowest BCUT2D eigenvalue weighted by molar-refractivity contribution is -0.144. The highest BCUT2D eigenvalue weighted by Crippen LogP contribution is 2.12. The summed E-state index contributed by atoms with van der Waals surface area (Å²) in [6.07, 6.45) is -0.00168. The lowest BCUT2D eigenvalue weighted by atomic mass is 10.1. The highest BCUT2D eigenvalue weighted by atomic mass is 79.9. The molecule has 0 bridgehead atoms. The molecule has 6 nitrogen and oxygen atoms in total. The number of rotatable bonds is 7.